The molecule has 14 heteroatoms. The summed E-state index contributed by atoms with van der Waals surface area (Å²) in [6.07, 6.45) is 0.994. The van der Waals surface area contributed by atoms with E-state index in [0.29, 0.717) is 32.5 Å². The molecule has 0 spiro atoms. The molecular weight excluding hydrogens is 412 g/mol. The summed E-state index contributed by atoms with van der Waals surface area (Å²) >= 11 is 0. The molecule has 31 heavy (non-hydrogen) atoms. The quantitative estimate of drug-likeness (QED) is 0.0993. The van der Waals surface area contributed by atoms with Crippen molar-refractivity contribution in [3.8, 4) is 0 Å². The molecule has 0 aromatic rings. The largest absolute Gasteiger partial charge is 0.463 e. The maximum atomic E-state index is 11.6. The SMILES string of the molecule is [N-]=[N+]=NCCCNC(=O)CCC(=O)COCCOC(=O)CCC(=O)NCCCN=[N+]=[N-]. The van der Waals surface area contributed by atoms with Crippen LogP contribution in [0.4, 0.5) is 0 Å². The Labute approximate surface area is 179 Å². The van der Waals surface area contributed by atoms with Crippen LogP contribution in [0.25, 0.3) is 20.9 Å². The van der Waals surface area contributed by atoms with Gasteiger partial charge in [0.15, 0.2) is 5.78 Å². The second-order valence-electron chi connectivity index (χ2n) is 6.13. The molecule has 0 bridgehead atoms. The number of rotatable bonds is 19. The fourth-order valence-electron chi connectivity index (χ4n) is 2.03. The molecule has 0 saturated heterocycles. The van der Waals surface area contributed by atoms with E-state index in [9.17, 15) is 19.2 Å². The Kier molecular flexibility index (Phi) is 17.8. The summed E-state index contributed by atoms with van der Waals surface area (Å²) in [6, 6.07) is 0. The van der Waals surface area contributed by atoms with E-state index in [1.54, 1.807) is 0 Å². The van der Waals surface area contributed by atoms with Crippen LogP contribution in [0, 0.1) is 0 Å². The fourth-order valence-corrected chi connectivity index (χ4v) is 2.03. The number of Topliss-reactive ketones (excluding diaryl/α,β-unsaturated/α-hetero) is 1. The van der Waals surface area contributed by atoms with Crippen LogP contribution < -0.4 is 10.6 Å². The van der Waals surface area contributed by atoms with Crippen LogP contribution in [-0.2, 0) is 28.7 Å². The number of ketones is 1. The van der Waals surface area contributed by atoms with Gasteiger partial charge in [0.2, 0.25) is 11.8 Å². The van der Waals surface area contributed by atoms with E-state index in [4.69, 9.17) is 20.5 Å². The summed E-state index contributed by atoms with van der Waals surface area (Å²) in [4.78, 5) is 51.4. The van der Waals surface area contributed by atoms with E-state index < -0.39 is 5.97 Å². The molecule has 2 amide bonds. The summed E-state index contributed by atoms with van der Waals surface area (Å²) < 4.78 is 9.99. The van der Waals surface area contributed by atoms with Crippen LogP contribution in [0.15, 0.2) is 10.2 Å². The van der Waals surface area contributed by atoms with Gasteiger partial charge in [0, 0.05) is 55.3 Å². The first-order valence-electron chi connectivity index (χ1n) is 9.79. The highest BCUT2D eigenvalue weighted by Crippen LogP contribution is 1.96. The van der Waals surface area contributed by atoms with Crippen LogP contribution in [0.1, 0.15) is 38.5 Å². The van der Waals surface area contributed by atoms with Gasteiger partial charge in [-0.05, 0) is 23.9 Å². The highest BCUT2D eigenvalue weighted by atomic mass is 16.6. The Hall–Kier alpha value is -3.34. The lowest BCUT2D eigenvalue weighted by atomic mass is 10.2. The van der Waals surface area contributed by atoms with Crippen molar-refractivity contribution in [1.82, 2.24) is 10.6 Å². The van der Waals surface area contributed by atoms with E-state index in [-0.39, 0.29) is 69.6 Å². The van der Waals surface area contributed by atoms with Gasteiger partial charge in [0.1, 0.15) is 13.2 Å². The van der Waals surface area contributed by atoms with Crippen LogP contribution in [-0.4, -0.2) is 69.6 Å². The molecule has 0 aromatic heterocycles. The van der Waals surface area contributed by atoms with Gasteiger partial charge >= 0.3 is 5.97 Å². The molecule has 0 aromatic carbocycles. The number of carbonyl (C=O) groups excluding carboxylic acids is 4. The first kappa shape index (κ1) is 27.7. The monoisotopic (exact) mass is 440 g/mol. The molecule has 0 aliphatic heterocycles. The molecule has 14 nitrogen and oxygen atoms in total. The maximum Gasteiger partial charge on any atom is 0.306 e. The van der Waals surface area contributed by atoms with Crippen molar-refractivity contribution in [2.75, 3.05) is 46.0 Å². The Balaban J connectivity index is 3.60. The summed E-state index contributed by atoms with van der Waals surface area (Å²) in [5, 5.41) is 11.9. The van der Waals surface area contributed by atoms with Crippen molar-refractivity contribution in [3.05, 3.63) is 20.9 Å². The molecule has 0 radical (unpaired) electrons. The number of ether oxygens (including phenoxy) is 2. The molecule has 2 N–H and O–H groups in total. The minimum Gasteiger partial charge on any atom is -0.463 e. The van der Waals surface area contributed by atoms with Crippen LogP contribution in [0.2, 0.25) is 0 Å². The van der Waals surface area contributed by atoms with Crippen molar-refractivity contribution >= 4 is 23.6 Å². The lowest BCUT2D eigenvalue weighted by Gasteiger charge is -2.07. The summed E-state index contributed by atoms with van der Waals surface area (Å²) in [5.41, 5.74) is 16.2. The first-order chi connectivity index (χ1) is 15.0. The van der Waals surface area contributed by atoms with Gasteiger partial charge in [-0.2, -0.15) is 0 Å². The highest BCUT2D eigenvalue weighted by Gasteiger charge is 2.09. The van der Waals surface area contributed by atoms with Gasteiger partial charge in [-0.3, -0.25) is 19.2 Å². The Morgan fingerprint density at radius 1 is 0.774 bits per heavy atom. The average Bonchev–Trinajstić information content (AvgIpc) is 2.75. The molecule has 0 aliphatic carbocycles. The Morgan fingerprint density at radius 3 is 1.87 bits per heavy atom. The number of nitrogens with one attached hydrogen (secondary N) is 2. The number of hydrogen-bond acceptors (Lipinski definition) is 8. The van der Waals surface area contributed by atoms with Crippen LogP contribution in [0.3, 0.4) is 0 Å². The molecule has 172 valence electrons. The normalized spacial score (nSPS) is 9.68. The third kappa shape index (κ3) is 19.7. The number of amides is 2. The standard InChI is InChI=1S/C17H28N8O6/c18-24-22-9-1-7-20-15(27)4-3-14(26)13-30-11-12-31-17(29)6-5-16(28)21-8-2-10-23-25-19/h1-13H2,(H,20,27)(H,21,28). The molecule has 0 rings (SSSR count). The predicted octanol–water partition coefficient (Wildman–Crippen LogP) is 1.31. The van der Waals surface area contributed by atoms with E-state index >= 15 is 0 Å². The fraction of sp³-hybridized carbons (Fsp3) is 0.765. The van der Waals surface area contributed by atoms with Crippen molar-refractivity contribution < 1.29 is 28.7 Å². The van der Waals surface area contributed by atoms with E-state index in [1.165, 1.54) is 0 Å². The predicted molar refractivity (Wildman–Crippen MR) is 109 cm³/mol. The minimum absolute atomic E-state index is 0.0205. The van der Waals surface area contributed by atoms with Crippen molar-refractivity contribution in [3.63, 3.8) is 0 Å². The van der Waals surface area contributed by atoms with Gasteiger partial charge in [0.25, 0.3) is 0 Å². The van der Waals surface area contributed by atoms with E-state index in [1.807, 2.05) is 0 Å². The zero-order valence-electron chi connectivity index (χ0n) is 17.3. The summed E-state index contributed by atoms with van der Waals surface area (Å²) in [5.74, 6) is -1.40. The smallest absolute Gasteiger partial charge is 0.306 e. The number of esters is 1. The molecule has 0 aliphatic rings. The Morgan fingerprint density at radius 2 is 1.32 bits per heavy atom. The van der Waals surface area contributed by atoms with Gasteiger partial charge in [0.05, 0.1) is 13.0 Å². The number of carbonyl (C=O) groups is 4. The van der Waals surface area contributed by atoms with Crippen LogP contribution >= 0.6 is 0 Å². The van der Waals surface area contributed by atoms with Crippen molar-refractivity contribution in [1.29, 1.82) is 0 Å². The average molecular weight is 440 g/mol. The molecular formula is C17H28N8O6. The van der Waals surface area contributed by atoms with Crippen LogP contribution in [0.5, 0.6) is 0 Å². The third-order valence-corrected chi connectivity index (χ3v) is 3.58. The topological polar surface area (TPSA) is 208 Å². The summed E-state index contributed by atoms with van der Waals surface area (Å²) in [7, 11) is 0. The number of nitrogens with zero attached hydrogens (tertiary/aromatic N) is 6. The lowest BCUT2D eigenvalue weighted by molar-refractivity contribution is -0.146. The van der Waals surface area contributed by atoms with E-state index in [2.05, 4.69) is 30.7 Å². The second-order valence-corrected chi connectivity index (χ2v) is 6.13. The van der Waals surface area contributed by atoms with Crippen molar-refractivity contribution in [2.24, 2.45) is 10.2 Å². The molecule has 0 unspecified atom stereocenters. The number of azide groups is 2. The lowest BCUT2D eigenvalue weighted by Crippen LogP contribution is -2.26. The van der Waals surface area contributed by atoms with Gasteiger partial charge in [-0.25, -0.2) is 0 Å². The zero-order valence-corrected chi connectivity index (χ0v) is 17.3. The minimum atomic E-state index is -0.559. The zero-order chi connectivity index (χ0) is 23.2. The summed E-state index contributed by atoms with van der Waals surface area (Å²) in [6.45, 7) is 1.08. The molecule has 0 saturated carbocycles. The van der Waals surface area contributed by atoms with Gasteiger partial charge < -0.3 is 20.1 Å². The molecule has 0 fully saturated rings. The van der Waals surface area contributed by atoms with Gasteiger partial charge in [-0.15, -0.1) is 0 Å². The first-order valence-corrected chi connectivity index (χ1v) is 9.79. The molecule has 0 atom stereocenters. The molecule has 0 heterocycles. The number of hydrogen-bond donors (Lipinski definition) is 2. The van der Waals surface area contributed by atoms with Crippen molar-refractivity contribution in [2.45, 2.75) is 38.5 Å². The van der Waals surface area contributed by atoms with E-state index in [0.717, 1.165) is 0 Å². The second kappa shape index (κ2) is 20.0. The third-order valence-electron chi connectivity index (χ3n) is 3.58. The van der Waals surface area contributed by atoms with Gasteiger partial charge in [-0.1, -0.05) is 10.2 Å². The maximum absolute atomic E-state index is 11.6. The highest BCUT2D eigenvalue weighted by molar-refractivity contribution is 5.85. The Bertz CT molecular complexity index is 618.